The van der Waals surface area contributed by atoms with Crippen LogP contribution in [-0.2, 0) is 11.3 Å². The molecule has 0 saturated carbocycles. The second kappa shape index (κ2) is 10.6. The number of aryl methyl sites for hydroxylation is 1. The molecular formula is C23H21N5NaO4. The monoisotopic (exact) mass is 454 g/mol. The fraction of sp³-hybridized carbons (Fsp3) is 0.261. The summed E-state index contributed by atoms with van der Waals surface area (Å²) in [6.07, 6.45) is 2.52. The summed E-state index contributed by atoms with van der Waals surface area (Å²) in [7, 11) is 0. The molecule has 1 radical (unpaired) electrons. The summed E-state index contributed by atoms with van der Waals surface area (Å²) < 4.78 is 12.9. The van der Waals surface area contributed by atoms with Crippen LogP contribution in [0.15, 0.2) is 47.1 Å². The second-order valence-corrected chi connectivity index (χ2v) is 7.37. The minimum atomic E-state index is -0.872. The first-order valence-corrected chi connectivity index (χ1v) is 10.2. The molecule has 2 aromatic heterocycles. The zero-order valence-electron chi connectivity index (χ0n) is 18.6. The molecule has 0 aliphatic heterocycles. The molecule has 4 rings (SSSR count). The fourth-order valence-corrected chi connectivity index (χ4v) is 3.22. The first kappa shape index (κ1) is 24.5. The number of fused-ring (bicyclic) bond motifs is 1. The number of hydrogen-bond acceptors (Lipinski definition) is 7. The van der Waals surface area contributed by atoms with Gasteiger partial charge in [0, 0.05) is 46.1 Å². The molecule has 10 heteroatoms. The number of carboxylic acids is 1. The topological polar surface area (TPSA) is 127 Å². The Morgan fingerprint density at radius 3 is 2.79 bits per heavy atom. The molecular weight excluding hydrogens is 433 g/mol. The van der Waals surface area contributed by atoms with Crippen LogP contribution in [0.25, 0.3) is 33.7 Å². The molecule has 0 bridgehead atoms. The number of aliphatic carboxylic acids is 1. The summed E-state index contributed by atoms with van der Waals surface area (Å²) in [6, 6.07) is 12.9. The standard InChI is InChI=1S/C23H21N5O4.Na/c1-3-14(2)31-20-7-5-16(11-17(20)12-24)23-26-22(27-32-23)15-4-6-19-18(10-15)13-25-28(19)9-8-21(29)30;/h4-7,10-11,13-14H,3,8-9H2,1-2H3,(H,29,30);/t14-;/m0./s1. The van der Waals surface area contributed by atoms with Crippen molar-refractivity contribution in [1.82, 2.24) is 19.9 Å². The van der Waals surface area contributed by atoms with Gasteiger partial charge in [-0.1, -0.05) is 12.1 Å². The number of nitrogens with zero attached hydrogens (tertiary/aromatic N) is 5. The van der Waals surface area contributed by atoms with Crippen molar-refractivity contribution >= 4 is 46.4 Å². The largest absolute Gasteiger partial charge is 0.489 e. The quantitative estimate of drug-likeness (QED) is 0.397. The van der Waals surface area contributed by atoms with Crippen molar-refractivity contribution in [3.05, 3.63) is 48.2 Å². The zero-order chi connectivity index (χ0) is 22.7. The van der Waals surface area contributed by atoms with E-state index in [-0.39, 0.29) is 42.1 Å². The Bertz CT molecular complexity index is 1320. The fourth-order valence-electron chi connectivity index (χ4n) is 3.22. The molecule has 0 fully saturated rings. The van der Waals surface area contributed by atoms with E-state index >= 15 is 0 Å². The van der Waals surface area contributed by atoms with Gasteiger partial charge in [0.1, 0.15) is 11.8 Å². The number of benzene rings is 2. The zero-order valence-corrected chi connectivity index (χ0v) is 20.6. The van der Waals surface area contributed by atoms with Crippen molar-refractivity contribution in [3.8, 4) is 34.7 Å². The van der Waals surface area contributed by atoms with E-state index in [0.29, 0.717) is 35.1 Å². The van der Waals surface area contributed by atoms with Crippen molar-refractivity contribution in [2.45, 2.75) is 39.3 Å². The molecule has 33 heavy (non-hydrogen) atoms. The maximum atomic E-state index is 10.8. The number of carboxylic acid groups (broad SMARTS) is 1. The third-order valence-corrected chi connectivity index (χ3v) is 5.11. The molecule has 2 heterocycles. The van der Waals surface area contributed by atoms with Gasteiger partial charge in [-0.15, -0.1) is 0 Å². The van der Waals surface area contributed by atoms with Gasteiger partial charge >= 0.3 is 5.97 Å². The molecule has 0 saturated heterocycles. The molecule has 4 aromatic rings. The first-order valence-electron chi connectivity index (χ1n) is 10.2. The predicted molar refractivity (Wildman–Crippen MR) is 122 cm³/mol. The third-order valence-electron chi connectivity index (χ3n) is 5.11. The molecule has 1 N–H and O–H groups in total. The van der Waals surface area contributed by atoms with E-state index in [1.165, 1.54) is 0 Å². The van der Waals surface area contributed by atoms with Gasteiger partial charge < -0.3 is 14.4 Å². The van der Waals surface area contributed by atoms with Gasteiger partial charge in [-0.2, -0.15) is 15.3 Å². The smallest absolute Gasteiger partial charge is 0.305 e. The Balaban J connectivity index is 0.00000306. The Morgan fingerprint density at radius 2 is 2.06 bits per heavy atom. The van der Waals surface area contributed by atoms with Gasteiger partial charge in [0.05, 0.1) is 36.3 Å². The van der Waals surface area contributed by atoms with Crippen LogP contribution in [0.1, 0.15) is 32.3 Å². The molecule has 0 amide bonds. The minimum absolute atomic E-state index is 0. The van der Waals surface area contributed by atoms with E-state index in [2.05, 4.69) is 21.3 Å². The number of rotatable bonds is 8. The third kappa shape index (κ3) is 5.42. The summed E-state index contributed by atoms with van der Waals surface area (Å²) in [5, 5.41) is 27.5. The van der Waals surface area contributed by atoms with Crippen LogP contribution in [0.5, 0.6) is 5.75 Å². The van der Waals surface area contributed by atoms with E-state index in [0.717, 1.165) is 22.9 Å². The van der Waals surface area contributed by atoms with Gasteiger partial charge in [0.15, 0.2) is 0 Å². The van der Waals surface area contributed by atoms with Crippen molar-refractivity contribution < 1.29 is 19.2 Å². The maximum absolute atomic E-state index is 10.8. The summed E-state index contributed by atoms with van der Waals surface area (Å²) in [6.45, 7) is 4.26. The summed E-state index contributed by atoms with van der Waals surface area (Å²) in [5.41, 5.74) is 2.59. The average Bonchev–Trinajstić information content (AvgIpc) is 3.45. The van der Waals surface area contributed by atoms with Crippen LogP contribution in [0.4, 0.5) is 0 Å². The van der Waals surface area contributed by atoms with E-state index < -0.39 is 5.97 Å². The Morgan fingerprint density at radius 1 is 1.27 bits per heavy atom. The Labute approximate surface area is 212 Å². The van der Waals surface area contributed by atoms with E-state index in [4.69, 9.17) is 14.4 Å². The van der Waals surface area contributed by atoms with Crippen LogP contribution in [0.2, 0.25) is 0 Å². The van der Waals surface area contributed by atoms with Crippen molar-refractivity contribution in [2.75, 3.05) is 0 Å². The van der Waals surface area contributed by atoms with Crippen molar-refractivity contribution in [3.63, 3.8) is 0 Å². The van der Waals surface area contributed by atoms with Gasteiger partial charge in [-0.25, -0.2) is 0 Å². The Hall–Kier alpha value is -3.19. The molecule has 0 unspecified atom stereocenters. The Kier molecular flexibility index (Phi) is 7.87. The van der Waals surface area contributed by atoms with Gasteiger partial charge in [-0.05, 0) is 49.7 Å². The maximum Gasteiger partial charge on any atom is 0.305 e. The van der Waals surface area contributed by atoms with E-state index in [1.54, 1.807) is 29.1 Å². The predicted octanol–water partition coefficient (Wildman–Crippen LogP) is 3.90. The molecule has 9 nitrogen and oxygen atoms in total. The van der Waals surface area contributed by atoms with E-state index in [1.807, 2.05) is 32.0 Å². The summed E-state index contributed by atoms with van der Waals surface area (Å²) in [4.78, 5) is 15.3. The second-order valence-electron chi connectivity index (χ2n) is 7.37. The number of aromatic nitrogens is 4. The van der Waals surface area contributed by atoms with Crippen LogP contribution < -0.4 is 4.74 Å². The van der Waals surface area contributed by atoms with Gasteiger partial charge in [-0.3, -0.25) is 9.48 Å². The molecule has 1 atom stereocenters. The molecule has 163 valence electrons. The van der Waals surface area contributed by atoms with Crippen LogP contribution in [0.3, 0.4) is 0 Å². The molecule has 2 aromatic carbocycles. The number of nitriles is 1. The van der Waals surface area contributed by atoms with Crippen LogP contribution in [0, 0.1) is 11.3 Å². The normalized spacial score (nSPS) is 11.5. The number of carbonyl (C=O) groups is 1. The van der Waals surface area contributed by atoms with Gasteiger partial charge in [0.25, 0.3) is 5.89 Å². The summed E-state index contributed by atoms with van der Waals surface area (Å²) in [5.74, 6) is 0.349. The summed E-state index contributed by atoms with van der Waals surface area (Å²) >= 11 is 0. The molecule has 0 spiro atoms. The average molecular weight is 454 g/mol. The van der Waals surface area contributed by atoms with E-state index in [9.17, 15) is 10.1 Å². The van der Waals surface area contributed by atoms with Crippen LogP contribution in [-0.4, -0.2) is 66.7 Å². The number of hydrogen-bond donors (Lipinski definition) is 1. The van der Waals surface area contributed by atoms with Crippen molar-refractivity contribution in [2.24, 2.45) is 0 Å². The number of ether oxygens (including phenoxy) is 1. The SMILES string of the molecule is CC[C@H](C)Oc1ccc(-c2nc(-c3ccc4c(cnn4CCC(=O)O)c3)no2)cc1C#N.[Na]. The molecule has 0 aliphatic carbocycles. The first-order chi connectivity index (χ1) is 15.5. The minimum Gasteiger partial charge on any atom is -0.489 e. The van der Waals surface area contributed by atoms with Crippen LogP contribution >= 0.6 is 0 Å². The van der Waals surface area contributed by atoms with Gasteiger partial charge in [0.2, 0.25) is 5.82 Å². The van der Waals surface area contributed by atoms with Crippen molar-refractivity contribution in [1.29, 1.82) is 5.26 Å². The molecule has 0 aliphatic rings.